The summed E-state index contributed by atoms with van der Waals surface area (Å²) in [5.41, 5.74) is 1.14. The molecule has 1 aromatic carbocycles. The molecule has 1 amide bonds. The van der Waals surface area contributed by atoms with E-state index < -0.39 is 0 Å². The average molecular weight is 233 g/mol. The summed E-state index contributed by atoms with van der Waals surface area (Å²) in [4.78, 5) is 11.6. The molecule has 0 saturated carbocycles. The first-order chi connectivity index (χ1) is 8.34. The monoisotopic (exact) mass is 233 g/mol. The third-order valence-electron chi connectivity index (χ3n) is 3.05. The second-order valence-corrected chi connectivity index (χ2v) is 4.44. The van der Waals surface area contributed by atoms with Crippen molar-refractivity contribution in [2.24, 2.45) is 0 Å². The van der Waals surface area contributed by atoms with Gasteiger partial charge in [-0.1, -0.05) is 30.3 Å². The van der Waals surface area contributed by atoms with Crippen molar-refractivity contribution in [1.29, 1.82) is 0 Å². The Labute approximate surface area is 102 Å². The maximum atomic E-state index is 11.6. The minimum absolute atomic E-state index is 0.115. The Morgan fingerprint density at radius 3 is 2.88 bits per heavy atom. The molecule has 1 atom stereocenters. The zero-order chi connectivity index (χ0) is 11.9. The Kier molecular flexibility index (Phi) is 4.56. The minimum atomic E-state index is 0.115. The van der Waals surface area contributed by atoms with Crippen molar-refractivity contribution in [1.82, 2.24) is 5.32 Å². The second-order valence-electron chi connectivity index (χ2n) is 4.44. The van der Waals surface area contributed by atoms with Crippen molar-refractivity contribution in [2.45, 2.75) is 38.3 Å². The molecule has 1 saturated heterocycles. The van der Waals surface area contributed by atoms with E-state index in [-0.39, 0.29) is 5.91 Å². The summed E-state index contributed by atoms with van der Waals surface area (Å²) < 4.78 is 5.49. The van der Waals surface area contributed by atoms with Gasteiger partial charge >= 0.3 is 0 Å². The molecule has 0 radical (unpaired) electrons. The van der Waals surface area contributed by atoms with Crippen LogP contribution in [0.2, 0.25) is 0 Å². The maximum absolute atomic E-state index is 11.6. The fraction of sp³-hybridized carbons (Fsp3) is 0.500. The predicted octanol–water partition coefficient (Wildman–Crippen LogP) is 2.26. The van der Waals surface area contributed by atoms with Gasteiger partial charge in [0.1, 0.15) is 0 Å². The van der Waals surface area contributed by atoms with Crippen molar-refractivity contribution in [3.63, 3.8) is 0 Å². The van der Waals surface area contributed by atoms with Crippen LogP contribution in [0.25, 0.3) is 0 Å². The van der Waals surface area contributed by atoms with E-state index in [9.17, 15) is 4.79 Å². The fourth-order valence-electron chi connectivity index (χ4n) is 2.05. The molecule has 17 heavy (non-hydrogen) atoms. The lowest BCUT2D eigenvalue weighted by Crippen LogP contribution is -2.23. The molecular weight excluding hydrogens is 214 g/mol. The van der Waals surface area contributed by atoms with Crippen LogP contribution in [0.15, 0.2) is 30.3 Å². The van der Waals surface area contributed by atoms with Crippen molar-refractivity contribution in [3.8, 4) is 0 Å². The van der Waals surface area contributed by atoms with Gasteiger partial charge in [-0.3, -0.25) is 4.79 Å². The molecular formula is C14H19NO2. The van der Waals surface area contributed by atoms with Crippen LogP contribution in [0, 0.1) is 0 Å². The van der Waals surface area contributed by atoms with Crippen LogP contribution in [-0.4, -0.2) is 18.6 Å². The number of hydrogen-bond donors (Lipinski definition) is 1. The lowest BCUT2D eigenvalue weighted by atomic mass is 10.1. The lowest BCUT2D eigenvalue weighted by molar-refractivity contribution is -0.121. The zero-order valence-electron chi connectivity index (χ0n) is 10.0. The number of ether oxygens (including phenoxy) is 1. The van der Waals surface area contributed by atoms with E-state index in [0.717, 1.165) is 31.4 Å². The van der Waals surface area contributed by atoms with Crippen LogP contribution in [0.5, 0.6) is 0 Å². The summed E-state index contributed by atoms with van der Waals surface area (Å²) in [7, 11) is 0. The molecule has 3 nitrogen and oxygen atoms in total. The molecule has 3 heteroatoms. The molecule has 1 aliphatic rings. The summed E-state index contributed by atoms with van der Waals surface area (Å²) in [6.07, 6.45) is 3.96. The van der Waals surface area contributed by atoms with Crippen molar-refractivity contribution < 1.29 is 9.53 Å². The van der Waals surface area contributed by atoms with Gasteiger partial charge in [-0.2, -0.15) is 0 Å². The number of benzene rings is 1. The number of carbonyl (C=O) groups excluding carboxylic acids is 1. The molecule has 1 N–H and O–H groups in total. The molecule has 1 aliphatic heterocycles. The molecule has 0 aromatic heterocycles. The standard InChI is InChI=1S/C14H19NO2/c16-14(9-8-13-7-4-10-17-13)15-11-12-5-2-1-3-6-12/h1-3,5-6,13H,4,7-11H2,(H,15,16). The van der Waals surface area contributed by atoms with Crippen LogP contribution >= 0.6 is 0 Å². The first-order valence-electron chi connectivity index (χ1n) is 6.27. The van der Waals surface area contributed by atoms with Gasteiger partial charge in [-0.15, -0.1) is 0 Å². The SMILES string of the molecule is O=C(CCC1CCCO1)NCc1ccccc1. The van der Waals surface area contributed by atoms with E-state index in [1.807, 2.05) is 30.3 Å². The van der Waals surface area contributed by atoms with E-state index in [2.05, 4.69) is 5.32 Å². The third-order valence-corrected chi connectivity index (χ3v) is 3.05. The largest absolute Gasteiger partial charge is 0.378 e. The summed E-state index contributed by atoms with van der Waals surface area (Å²) in [5.74, 6) is 0.115. The summed E-state index contributed by atoms with van der Waals surface area (Å²) in [5, 5.41) is 2.93. The highest BCUT2D eigenvalue weighted by atomic mass is 16.5. The molecule has 2 rings (SSSR count). The smallest absolute Gasteiger partial charge is 0.220 e. The summed E-state index contributed by atoms with van der Waals surface area (Å²) >= 11 is 0. The normalized spacial score (nSPS) is 19.2. The second kappa shape index (κ2) is 6.40. The van der Waals surface area contributed by atoms with E-state index in [1.54, 1.807) is 0 Å². The average Bonchev–Trinajstić information content (AvgIpc) is 2.88. The van der Waals surface area contributed by atoms with Crippen LogP contribution in [-0.2, 0) is 16.1 Å². The van der Waals surface area contributed by atoms with E-state index in [4.69, 9.17) is 4.74 Å². The first-order valence-corrected chi connectivity index (χ1v) is 6.27. The van der Waals surface area contributed by atoms with Crippen molar-refractivity contribution in [2.75, 3.05) is 6.61 Å². The molecule has 0 aliphatic carbocycles. The summed E-state index contributed by atoms with van der Waals surface area (Å²) in [6.45, 7) is 1.47. The number of rotatable bonds is 5. The Bertz CT molecular complexity index is 344. The third kappa shape index (κ3) is 4.19. The Morgan fingerprint density at radius 2 is 2.18 bits per heavy atom. The molecule has 1 aromatic rings. The highest BCUT2D eigenvalue weighted by molar-refractivity contribution is 5.75. The van der Waals surface area contributed by atoms with Crippen molar-refractivity contribution in [3.05, 3.63) is 35.9 Å². The van der Waals surface area contributed by atoms with Gasteiger partial charge in [0.2, 0.25) is 5.91 Å². The predicted molar refractivity (Wildman–Crippen MR) is 66.5 cm³/mol. The van der Waals surface area contributed by atoms with Crippen LogP contribution in [0.1, 0.15) is 31.2 Å². The van der Waals surface area contributed by atoms with Gasteiger partial charge in [0.15, 0.2) is 0 Å². The van der Waals surface area contributed by atoms with Crippen LogP contribution < -0.4 is 5.32 Å². The Morgan fingerprint density at radius 1 is 1.35 bits per heavy atom. The molecule has 0 bridgehead atoms. The number of carbonyl (C=O) groups is 1. The minimum Gasteiger partial charge on any atom is -0.378 e. The van der Waals surface area contributed by atoms with Gasteiger partial charge in [-0.25, -0.2) is 0 Å². The van der Waals surface area contributed by atoms with Gasteiger partial charge in [0, 0.05) is 19.6 Å². The Hall–Kier alpha value is -1.35. The molecule has 1 fully saturated rings. The fourth-order valence-corrected chi connectivity index (χ4v) is 2.05. The van der Waals surface area contributed by atoms with E-state index in [1.165, 1.54) is 0 Å². The van der Waals surface area contributed by atoms with E-state index in [0.29, 0.717) is 19.1 Å². The topological polar surface area (TPSA) is 38.3 Å². The van der Waals surface area contributed by atoms with Gasteiger partial charge < -0.3 is 10.1 Å². The zero-order valence-corrected chi connectivity index (χ0v) is 10.0. The van der Waals surface area contributed by atoms with Crippen molar-refractivity contribution >= 4 is 5.91 Å². The first kappa shape index (κ1) is 12.1. The van der Waals surface area contributed by atoms with Gasteiger partial charge in [0.25, 0.3) is 0 Å². The highest BCUT2D eigenvalue weighted by Crippen LogP contribution is 2.16. The Balaban J connectivity index is 1.64. The number of hydrogen-bond acceptors (Lipinski definition) is 2. The summed E-state index contributed by atoms with van der Waals surface area (Å²) in [6, 6.07) is 9.96. The number of amides is 1. The van der Waals surface area contributed by atoms with Gasteiger partial charge in [0.05, 0.1) is 6.10 Å². The number of nitrogens with one attached hydrogen (secondary N) is 1. The van der Waals surface area contributed by atoms with Crippen LogP contribution in [0.4, 0.5) is 0 Å². The molecule has 0 spiro atoms. The molecule has 1 heterocycles. The highest BCUT2D eigenvalue weighted by Gasteiger charge is 2.16. The van der Waals surface area contributed by atoms with E-state index >= 15 is 0 Å². The quantitative estimate of drug-likeness (QED) is 0.847. The van der Waals surface area contributed by atoms with Gasteiger partial charge in [-0.05, 0) is 24.8 Å². The van der Waals surface area contributed by atoms with Crippen LogP contribution in [0.3, 0.4) is 0 Å². The molecule has 1 unspecified atom stereocenters. The maximum Gasteiger partial charge on any atom is 0.220 e. The lowest BCUT2D eigenvalue weighted by Gasteiger charge is -2.09. The molecule has 92 valence electrons.